The van der Waals surface area contributed by atoms with Gasteiger partial charge in [0.05, 0.1) is 19.9 Å². The first-order valence-corrected chi connectivity index (χ1v) is 9.48. The Bertz CT molecular complexity index is 927. The fourth-order valence-electron chi connectivity index (χ4n) is 2.96. The number of aromatic nitrogens is 2. The van der Waals surface area contributed by atoms with Crippen molar-refractivity contribution in [1.82, 2.24) is 20.4 Å². The molecule has 8 heteroatoms. The van der Waals surface area contributed by atoms with Crippen LogP contribution in [0.5, 0.6) is 11.5 Å². The number of nitrogens with zero attached hydrogens (tertiary/aromatic N) is 3. The number of ether oxygens (including phenoxy) is 2. The highest BCUT2D eigenvalue weighted by molar-refractivity contribution is 14.0. The second-order valence-electron chi connectivity index (χ2n) is 6.40. The highest BCUT2D eigenvalue weighted by atomic mass is 127. The summed E-state index contributed by atoms with van der Waals surface area (Å²) in [7, 11) is 5.06. The predicted octanol–water partition coefficient (Wildman–Crippen LogP) is 3.42. The molecule has 0 aliphatic heterocycles. The van der Waals surface area contributed by atoms with E-state index < -0.39 is 0 Å². The molecule has 0 aliphatic rings. The van der Waals surface area contributed by atoms with Gasteiger partial charge in [-0.25, -0.2) is 4.68 Å². The summed E-state index contributed by atoms with van der Waals surface area (Å²) in [6.07, 6.45) is 4.61. The van der Waals surface area contributed by atoms with E-state index in [1.807, 2.05) is 35.1 Å². The molecule has 0 radical (unpaired) electrons. The van der Waals surface area contributed by atoms with Crippen LogP contribution in [0.2, 0.25) is 0 Å². The fourth-order valence-corrected chi connectivity index (χ4v) is 2.96. The number of aliphatic imine (C=N–C) groups is 1. The molecule has 1 aromatic heterocycles. The predicted molar refractivity (Wildman–Crippen MR) is 130 cm³/mol. The molecule has 0 unspecified atom stereocenters. The zero-order valence-electron chi connectivity index (χ0n) is 17.5. The summed E-state index contributed by atoms with van der Waals surface area (Å²) >= 11 is 0. The summed E-state index contributed by atoms with van der Waals surface area (Å²) in [4.78, 5) is 4.29. The van der Waals surface area contributed by atoms with E-state index in [1.54, 1.807) is 27.5 Å². The Balaban J connectivity index is 0.00000320. The normalized spacial score (nSPS) is 10.8. The van der Waals surface area contributed by atoms with E-state index in [-0.39, 0.29) is 24.0 Å². The van der Waals surface area contributed by atoms with Gasteiger partial charge in [0.1, 0.15) is 11.5 Å². The van der Waals surface area contributed by atoms with Crippen molar-refractivity contribution in [2.24, 2.45) is 4.99 Å². The second-order valence-corrected chi connectivity index (χ2v) is 6.40. The molecule has 3 rings (SSSR count). The Hall–Kier alpha value is -2.75. The highest BCUT2D eigenvalue weighted by Crippen LogP contribution is 2.24. The summed E-state index contributed by atoms with van der Waals surface area (Å²) in [6, 6.07) is 16.1. The molecule has 0 atom stereocenters. The first-order chi connectivity index (χ1) is 14.2. The van der Waals surface area contributed by atoms with Crippen molar-refractivity contribution >= 4 is 29.9 Å². The third-order valence-corrected chi connectivity index (χ3v) is 4.58. The Morgan fingerprint density at radius 3 is 2.50 bits per heavy atom. The average Bonchev–Trinajstić information content (AvgIpc) is 3.31. The van der Waals surface area contributed by atoms with Gasteiger partial charge in [-0.15, -0.1) is 24.0 Å². The van der Waals surface area contributed by atoms with Crippen LogP contribution in [-0.2, 0) is 13.0 Å². The summed E-state index contributed by atoms with van der Waals surface area (Å²) in [5, 5.41) is 10.9. The quantitative estimate of drug-likeness (QED) is 0.270. The molecule has 160 valence electrons. The van der Waals surface area contributed by atoms with Crippen LogP contribution in [0.1, 0.15) is 11.1 Å². The third kappa shape index (κ3) is 6.38. The van der Waals surface area contributed by atoms with Gasteiger partial charge in [-0.05, 0) is 42.3 Å². The molecule has 0 spiro atoms. The van der Waals surface area contributed by atoms with E-state index in [9.17, 15) is 0 Å². The smallest absolute Gasteiger partial charge is 0.191 e. The molecular weight excluding hydrogens is 493 g/mol. The van der Waals surface area contributed by atoms with Crippen LogP contribution in [0, 0.1) is 0 Å². The first kappa shape index (κ1) is 23.5. The number of nitrogens with one attached hydrogen (secondary N) is 2. The lowest BCUT2D eigenvalue weighted by atomic mass is 10.1. The molecule has 2 N–H and O–H groups in total. The monoisotopic (exact) mass is 521 g/mol. The molecule has 30 heavy (non-hydrogen) atoms. The number of rotatable bonds is 8. The van der Waals surface area contributed by atoms with Crippen molar-refractivity contribution in [2.45, 2.75) is 13.0 Å². The van der Waals surface area contributed by atoms with Crippen molar-refractivity contribution in [1.29, 1.82) is 0 Å². The first-order valence-electron chi connectivity index (χ1n) is 9.48. The lowest BCUT2D eigenvalue weighted by molar-refractivity contribution is 0.390. The number of halogens is 1. The minimum atomic E-state index is 0. The Morgan fingerprint density at radius 1 is 1.07 bits per heavy atom. The SMILES string of the molecule is CN=C(NCCc1ccc(-n2cccn2)cc1)NCc1ccc(OC)cc1OC.I. The minimum Gasteiger partial charge on any atom is -0.497 e. The second kappa shape index (κ2) is 12.1. The maximum absolute atomic E-state index is 5.44. The van der Waals surface area contributed by atoms with E-state index >= 15 is 0 Å². The van der Waals surface area contributed by atoms with Gasteiger partial charge in [0.25, 0.3) is 0 Å². The molecule has 0 saturated heterocycles. The largest absolute Gasteiger partial charge is 0.497 e. The average molecular weight is 521 g/mol. The zero-order valence-corrected chi connectivity index (χ0v) is 19.8. The number of hydrogen-bond acceptors (Lipinski definition) is 4. The molecule has 0 amide bonds. The zero-order chi connectivity index (χ0) is 20.5. The van der Waals surface area contributed by atoms with E-state index in [1.165, 1.54) is 5.56 Å². The summed E-state index contributed by atoms with van der Waals surface area (Å²) < 4.78 is 12.5. The van der Waals surface area contributed by atoms with Crippen LogP contribution in [0.4, 0.5) is 0 Å². The van der Waals surface area contributed by atoms with Crippen molar-refractivity contribution in [3.05, 3.63) is 72.1 Å². The third-order valence-electron chi connectivity index (χ3n) is 4.58. The Labute approximate surface area is 194 Å². The van der Waals surface area contributed by atoms with Gasteiger partial charge in [0.2, 0.25) is 0 Å². The van der Waals surface area contributed by atoms with Crippen molar-refractivity contribution < 1.29 is 9.47 Å². The van der Waals surface area contributed by atoms with Crippen LogP contribution < -0.4 is 20.1 Å². The van der Waals surface area contributed by atoms with Crippen molar-refractivity contribution in [3.8, 4) is 17.2 Å². The van der Waals surface area contributed by atoms with Gasteiger partial charge in [0.15, 0.2) is 5.96 Å². The molecule has 1 heterocycles. The molecule has 0 bridgehead atoms. The number of guanidine groups is 1. The molecule has 0 fully saturated rings. The maximum Gasteiger partial charge on any atom is 0.191 e. The van der Waals surface area contributed by atoms with Crippen LogP contribution >= 0.6 is 24.0 Å². The molecule has 2 aromatic carbocycles. The van der Waals surface area contributed by atoms with E-state index in [2.05, 4.69) is 45.0 Å². The summed E-state index contributed by atoms with van der Waals surface area (Å²) in [5.74, 6) is 2.30. The van der Waals surface area contributed by atoms with Crippen molar-refractivity contribution in [3.63, 3.8) is 0 Å². The maximum atomic E-state index is 5.44. The van der Waals surface area contributed by atoms with Gasteiger partial charge in [-0.1, -0.05) is 12.1 Å². The van der Waals surface area contributed by atoms with E-state index in [4.69, 9.17) is 9.47 Å². The van der Waals surface area contributed by atoms with Gasteiger partial charge < -0.3 is 20.1 Å². The lowest BCUT2D eigenvalue weighted by Gasteiger charge is -2.14. The molecule has 7 nitrogen and oxygen atoms in total. The lowest BCUT2D eigenvalue weighted by Crippen LogP contribution is -2.37. The Kier molecular flexibility index (Phi) is 9.46. The number of methoxy groups -OCH3 is 2. The van der Waals surface area contributed by atoms with Gasteiger partial charge in [0, 0.05) is 44.2 Å². The van der Waals surface area contributed by atoms with Crippen molar-refractivity contribution in [2.75, 3.05) is 27.8 Å². The van der Waals surface area contributed by atoms with Gasteiger partial charge >= 0.3 is 0 Å². The van der Waals surface area contributed by atoms with E-state index in [0.717, 1.165) is 41.7 Å². The molecule has 0 aliphatic carbocycles. The standard InChI is InChI=1S/C22H27N5O2.HI/c1-23-22(25-16-18-7-10-20(28-2)15-21(18)29-3)24-13-11-17-5-8-19(9-6-17)27-14-4-12-26-27;/h4-10,12,14-15H,11,13,16H2,1-3H3,(H2,23,24,25);1H. The number of hydrogen-bond donors (Lipinski definition) is 2. The topological polar surface area (TPSA) is 72.7 Å². The Morgan fingerprint density at radius 2 is 1.87 bits per heavy atom. The fraction of sp³-hybridized carbons (Fsp3) is 0.273. The van der Waals surface area contributed by atoms with Crippen LogP contribution in [0.25, 0.3) is 5.69 Å². The van der Waals surface area contributed by atoms with Gasteiger partial charge in [-0.2, -0.15) is 5.10 Å². The summed E-state index contributed by atoms with van der Waals surface area (Å²) in [5.41, 5.74) is 3.34. The molecule has 3 aromatic rings. The minimum absolute atomic E-state index is 0. The van der Waals surface area contributed by atoms with Gasteiger partial charge in [-0.3, -0.25) is 4.99 Å². The summed E-state index contributed by atoms with van der Waals surface area (Å²) in [6.45, 7) is 1.38. The number of benzene rings is 2. The van der Waals surface area contributed by atoms with Crippen LogP contribution in [-0.4, -0.2) is 43.6 Å². The highest BCUT2D eigenvalue weighted by Gasteiger charge is 2.06. The van der Waals surface area contributed by atoms with E-state index in [0.29, 0.717) is 6.54 Å². The van der Waals surface area contributed by atoms with Crippen LogP contribution in [0.3, 0.4) is 0 Å². The van der Waals surface area contributed by atoms with Crippen LogP contribution in [0.15, 0.2) is 65.9 Å². The molecule has 0 saturated carbocycles. The molecular formula is C22H28IN5O2.